The van der Waals surface area contributed by atoms with E-state index in [9.17, 15) is 13.6 Å². The normalized spacial score (nSPS) is 10.8. The number of nitrogens with two attached hydrogens (primary N) is 1. The first-order valence-electron chi connectivity index (χ1n) is 5.20. The summed E-state index contributed by atoms with van der Waals surface area (Å²) >= 11 is 0. The summed E-state index contributed by atoms with van der Waals surface area (Å²) in [5.74, 6) is -2.30. The Morgan fingerprint density at radius 1 is 1.47 bits per heavy atom. The summed E-state index contributed by atoms with van der Waals surface area (Å²) in [6.07, 6.45) is 4.33. The number of hydrogen-bond acceptors (Lipinski definition) is 2. The molecule has 17 heavy (non-hydrogen) atoms. The van der Waals surface area contributed by atoms with Gasteiger partial charge in [0.05, 0.1) is 11.3 Å². The zero-order valence-electron chi connectivity index (χ0n) is 9.47. The van der Waals surface area contributed by atoms with Crippen LogP contribution in [-0.2, 0) is 0 Å². The van der Waals surface area contributed by atoms with Crippen molar-refractivity contribution < 1.29 is 13.6 Å². The fourth-order valence-electron chi connectivity index (χ4n) is 1.31. The Balaban J connectivity index is 2.75. The quantitative estimate of drug-likeness (QED) is 0.482. The fourth-order valence-corrected chi connectivity index (χ4v) is 1.31. The summed E-state index contributed by atoms with van der Waals surface area (Å²) in [5.41, 5.74) is 4.49. The molecule has 0 radical (unpaired) electrons. The second-order valence-electron chi connectivity index (χ2n) is 3.47. The number of halogens is 2. The third-order valence-electron chi connectivity index (χ3n) is 2.14. The third-order valence-corrected chi connectivity index (χ3v) is 2.14. The van der Waals surface area contributed by atoms with Crippen molar-refractivity contribution in [2.75, 3.05) is 12.3 Å². The molecular weight excluding hydrogens is 226 g/mol. The van der Waals surface area contributed by atoms with Crippen molar-refractivity contribution in [3.05, 3.63) is 41.5 Å². The van der Waals surface area contributed by atoms with E-state index < -0.39 is 17.5 Å². The van der Waals surface area contributed by atoms with Gasteiger partial charge in [-0.25, -0.2) is 8.78 Å². The third kappa shape index (κ3) is 3.55. The topological polar surface area (TPSA) is 55.1 Å². The summed E-state index contributed by atoms with van der Waals surface area (Å²) in [7, 11) is 0. The molecule has 0 bridgehead atoms. The van der Waals surface area contributed by atoms with Crippen LogP contribution >= 0.6 is 0 Å². The molecule has 0 aliphatic heterocycles. The number of hydrogen-bond donors (Lipinski definition) is 2. The average Bonchev–Trinajstić information content (AvgIpc) is 2.29. The maximum Gasteiger partial charge on any atom is 0.254 e. The van der Waals surface area contributed by atoms with E-state index in [0.29, 0.717) is 13.0 Å². The van der Waals surface area contributed by atoms with Crippen molar-refractivity contribution in [3.63, 3.8) is 0 Å². The van der Waals surface area contributed by atoms with Gasteiger partial charge in [0.2, 0.25) is 0 Å². The van der Waals surface area contributed by atoms with E-state index in [1.165, 1.54) is 0 Å². The van der Waals surface area contributed by atoms with Crippen LogP contribution < -0.4 is 11.1 Å². The largest absolute Gasteiger partial charge is 0.396 e. The maximum absolute atomic E-state index is 13.4. The first kappa shape index (κ1) is 13.2. The van der Waals surface area contributed by atoms with Crippen LogP contribution in [-0.4, -0.2) is 12.5 Å². The number of nitrogen functional groups attached to an aromatic ring is 1. The molecule has 0 unspecified atom stereocenters. The fraction of sp³-hybridized carbons (Fsp3) is 0.250. The minimum Gasteiger partial charge on any atom is -0.396 e. The first-order chi connectivity index (χ1) is 8.06. The molecular formula is C12H14F2N2O. The predicted octanol–water partition coefficient (Wildman–Crippen LogP) is 2.24. The molecule has 0 aromatic heterocycles. The van der Waals surface area contributed by atoms with Gasteiger partial charge < -0.3 is 11.1 Å². The number of anilines is 1. The van der Waals surface area contributed by atoms with E-state index in [1.54, 1.807) is 0 Å². The van der Waals surface area contributed by atoms with Gasteiger partial charge in [0.25, 0.3) is 5.91 Å². The van der Waals surface area contributed by atoms with Crippen LogP contribution in [0.15, 0.2) is 24.3 Å². The standard InChI is InChI=1S/C12H14F2N2O/c1-2-3-4-5-16-12(17)9-6-8(13)7-10(15)11(9)14/h2-3,6-7H,4-5,15H2,1H3,(H,16,17)/b3-2+. The molecule has 0 heterocycles. The summed E-state index contributed by atoms with van der Waals surface area (Å²) in [4.78, 5) is 11.5. The number of amides is 1. The average molecular weight is 240 g/mol. The van der Waals surface area contributed by atoms with Gasteiger partial charge in [-0.3, -0.25) is 4.79 Å². The highest BCUT2D eigenvalue weighted by Gasteiger charge is 2.15. The zero-order valence-corrected chi connectivity index (χ0v) is 9.47. The van der Waals surface area contributed by atoms with Gasteiger partial charge in [0, 0.05) is 6.54 Å². The van der Waals surface area contributed by atoms with Gasteiger partial charge >= 0.3 is 0 Å². The lowest BCUT2D eigenvalue weighted by Crippen LogP contribution is -2.25. The second kappa shape index (κ2) is 5.98. The van der Waals surface area contributed by atoms with Crippen LogP contribution in [0.4, 0.5) is 14.5 Å². The van der Waals surface area contributed by atoms with E-state index in [0.717, 1.165) is 12.1 Å². The molecule has 1 rings (SSSR count). The predicted molar refractivity (Wildman–Crippen MR) is 62.5 cm³/mol. The van der Waals surface area contributed by atoms with Crippen LogP contribution in [0.3, 0.4) is 0 Å². The molecule has 0 atom stereocenters. The molecule has 0 aliphatic carbocycles. The molecule has 0 saturated heterocycles. The van der Waals surface area contributed by atoms with Gasteiger partial charge in [-0.2, -0.15) is 0 Å². The highest BCUT2D eigenvalue weighted by atomic mass is 19.1. The van der Waals surface area contributed by atoms with Crippen LogP contribution in [0, 0.1) is 11.6 Å². The summed E-state index contributed by atoms with van der Waals surface area (Å²) in [6, 6.07) is 1.67. The number of carbonyl (C=O) groups is 1. The molecule has 0 saturated carbocycles. The lowest BCUT2D eigenvalue weighted by molar-refractivity contribution is 0.0950. The highest BCUT2D eigenvalue weighted by Crippen LogP contribution is 2.17. The van der Waals surface area contributed by atoms with Crippen LogP contribution in [0.2, 0.25) is 0 Å². The number of allylic oxidation sites excluding steroid dienone is 1. The van der Waals surface area contributed by atoms with Crippen molar-refractivity contribution in [2.24, 2.45) is 0 Å². The Morgan fingerprint density at radius 3 is 2.82 bits per heavy atom. The van der Waals surface area contributed by atoms with Gasteiger partial charge in [0.15, 0.2) is 5.82 Å². The van der Waals surface area contributed by atoms with Crippen LogP contribution in [0.5, 0.6) is 0 Å². The molecule has 0 fully saturated rings. The molecule has 1 amide bonds. The summed E-state index contributed by atoms with van der Waals surface area (Å²) in [6.45, 7) is 2.22. The van der Waals surface area contributed by atoms with E-state index in [4.69, 9.17) is 5.73 Å². The van der Waals surface area contributed by atoms with Gasteiger partial charge in [-0.15, -0.1) is 0 Å². The van der Waals surface area contributed by atoms with E-state index in [1.807, 2.05) is 19.1 Å². The molecule has 0 spiro atoms. The monoisotopic (exact) mass is 240 g/mol. The summed E-state index contributed by atoms with van der Waals surface area (Å²) < 4.78 is 26.4. The second-order valence-corrected chi connectivity index (χ2v) is 3.47. The molecule has 1 aromatic rings. The van der Waals surface area contributed by atoms with Crippen molar-refractivity contribution >= 4 is 11.6 Å². The van der Waals surface area contributed by atoms with Crippen molar-refractivity contribution in [3.8, 4) is 0 Å². The minimum absolute atomic E-state index is 0.360. The Bertz CT molecular complexity index is 444. The molecule has 3 nitrogen and oxygen atoms in total. The Hall–Kier alpha value is -1.91. The Labute approximate surface area is 98.3 Å². The minimum atomic E-state index is -0.894. The lowest BCUT2D eigenvalue weighted by atomic mass is 10.1. The number of carbonyl (C=O) groups excluding carboxylic acids is 1. The lowest BCUT2D eigenvalue weighted by Gasteiger charge is -2.06. The summed E-state index contributed by atoms with van der Waals surface area (Å²) in [5, 5.41) is 2.48. The number of rotatable bonds is 4. The van der Waals surface area contributed by atoms with Crippen LogP contribution in [0.25, 0.3) is 0 Å². The van der Waals surface area contributed by atoms with Gasteiger partial charge in [-0.1, -0.05) is 12.2 Å². The molecule has 5 heteroatoms. The van der Waals surface area contributed by atoms with Crippen molar-refractivity contribution in [1.82, 2.24) is 5.32 Å². The van der Waals surface area contributed by atoms with E-state index >= 15 is 0 Å². The maximum atomic E-state index is 13.4. The molecule has 92 valence electrons. The Morgan fingerprint density at radius 2 is 2.18 bits per heavy atom. The SMILES string of the molecule is C/C=C/CCNC(=O)c1cc(F)cc(N)c1F. The molecule has 1 aromatic carbocycles. The number of nitrogens with one attached hydrogen (secondary N) is 1. The molecule has 0 aliphatic rings. The highest BCUT2D eigenvalue weighted by molar-refractivity contribution is 5.95. The van der Waals surface area contributed by atoms with E-state index in [2.05, 4.69) is 5.32 Å². The van der Waals surface area contributed by atoms with Crippen molar-refractivity contribution in [1.29, 1.82) is 0 Å². The van der Waals surface area contributed by atoms with Gasteiger partial charge in [0.1, 0.15) is 5.82 Å². The zero-order chi connectivity index (χ0) is 12.8. The van der Waals surface area contributed by atoms with Crippen molar-refractivity contribution in [2.45, 2.75) is 13.3 Å². The first-order valence-corrected chi connectivity index (χ1v) is 5.20. The molecule has 3 N–H and O–H groups in total. The smallest absolute Gasteiger partial charge is 0.254 e. The van der Waals surface area contributed by atoms with Crippen LogP contribution in [0.1, 0.15) is 23.7 Å². The Kier molecular flexibility index (Phi) is 4.63. The van der Waals surface area contributed by atoms with Gasteiger partial charge in [-0.05, 0) is 25.5 Å². The number of benzene rings is 1. The van der Waals surface area contributed by atoms with E-state index in [-0.39, 0.29) is 11.3 Å².